The third-order valence-electron chi connectivity index (χ3n) is 2.18. The van der Waals surface area contributed by atoms with Crippen LogP contribution < -0.4 is 16.3 Å². The summed E-state index contributed by atoms with van der Waals surface area (Å²) in [5.74, 6) is -0.102. The van der Waals surface area contributed by atoms with Crippen molar-refractivity contribution in [3.63, 3.8) is 0 Å². The zero-order valence-electron chi connectivity index (χ0n) is 10.3. The van der Waals surface area contributed by atoms with Crippen molar-refractivity contribution in [1.82, 2.24) is 21.6 Å². The Kier molecular flexibility index (Phi) is 5.34. The number of hydrazine groups is 1. The zero-order valence-corrected chi connectivity index (χ0v) is 10.3. The van der Waals surface area contributed by atoms with E-state index in [1.165, 1.54) is 30.9 Å². The third kappa shape index (κ3) is 3.88. The van der Waals surface area contributed by atoms with Crippen LogP contribution in [0.25, 0.3) is 0 Å². The largest absolute Gasteiger partial charge is 0.759 e. The zero-order chi connectivity index (χ0) is 15.1. The fourth-order valence-corrected chi connectivity index (χ4v) is 1.25. The lowest BCUT2D eigenvalue weighted by Crippen LogP contribution is -2.41. The van der Waals surface area contributed by atoms with Crippen molar-refractivity contribution in [3.05, 3.63) is 51.3 Å². The van der Waals surface area contributed by atoms with Crippen LogP contribution >= 0.6 is 0 Å². The highest BCUT2D eigenvalue weighted by atomic mass is 16.8. The lowest BCUT2D eigenvalue weighted by atomic mass is 10.1. The minimum atomic E-state index is -0.675. The van der Waals surface area contributed by atoms with Crippen LogP contribution in [-0.4, -0.2) is 39.3 Å². The predicted molar refractivity (Wildman–Crippen MR) is 68.9 cm³/mol. The van der Waals surface area contributed by atoms with E-state index in [0.717, 1.165) is 6.08 Å². The van der Waals surface area contributed by atoms with E-state index in [0.29, 0.717) is 0 Å². The van der Waals surface area contributed by atoms with E-state index >= 15 is 0 Å². The van der Waals surface area contributed by atoms with Crippen LogP contribution in [0.15, 0.2) is 40.7 Å². The number of rotatable bonds is 3. The van der Waals surface area contributed by atoms with Crippen molar-refractivity contribution in [3.8, 4) is 0 Å². The van der Waals surface area contributed by atoms with Gasteiger partial charge < -0.3 is 26.5 Å². The molecule has 0 spiro atoms. The van der Waals surface area contributed by atoms with E-state index in [4.69, 9.17) is 10.4 Å². The Morgan fingerprint density at radius 1 is 1.40 bits per heavy atom. The summed E-state index contributed by atoms with van der Waals surface area (Å²) in [6, 6.07) is 0. The first-order valence-electron chi connectivity index (χ1n) is 5.15. The summed E-state index contributed by atoms with van der Waals surface area (Å²) in [4.78, 5) is 2.86. The fourth-order valence-electron chi connectivity index (χ4n) is 1.25. The van der Waals surface area contributed by atoms with Gasteiger partial charge in [-0.2, -0.15) is 4.90 Å². The molecule has 1 aliphatic rings. The van der Waals surface area contributed by atoms with Gasteiger partial charge in [-0.25, -0.2) is 0 Å². The molecule has 5 N–H and O–H groups in total. The number of hydrogen-bond donors (Lipinski definition) is 5. The Bertz CT molecular complexity index is 503. The molecule has 20 heavy (non-hydrogen) atoms. The lowest BCUT2D eigenvalue weighted by molar-refractivity contribution is -0.377. The van der Waals surface area contributed by atoms with Gasteiger partial charge in [-0.05, 0) is 6.08 Å². The van der Waals surface area contributed by atoms with E-state index in [1.807, 2.05) is 0 Å². The second-order valence-corrected chi connectivity index (χ2v) is 3.38. The van der Waals surface area contributed by atoms with E-state index in [9.17, 15) is 15.6 Å². The van der Waals surface area contributed by atoms with Gasteiger partial charge >= 0.3 is 0 Å². The number of guanidine groups is 1. The first kappa shape index (κ1) is 15.3. The van der Waals surface area contributed by atoms with Gasteiger partial charge in [0.05, 0.1) is 0 Å². The smallest absolute Gasteiger partial charge is 0.225 e. The van der Waals surface area contributed by atoms with Crippen LogP contribution in [-0.2, 0) is 0 Å². The highest BCUT2D eigenvalue weighted by Crippen LogP contribution is 2.17. The van der Waals surface area contributed by atoms with Crippen LogP contribution in [0.2, 0.25) is 0 Å². The van der Waals surface area contributed by atoms with Crippen molar-refractivity contribution < 1.29 is 15.3 Å². The summed E-state index contributed by atoms with van der Waals surface area (Å²) in [5, 5.41) is 49.3. The van der Waals surface area contributed by atoms with Gasteiger partial charge in [-0.15, -0.1) is 5.23 Å². The van der Waals surface area contributed by atoms with Crippen LogP contribution in [0, 0.1) is 15.6 Å². The number of hydroxylamine groups is 3. The molecule has 0 aromatic heterocycles. The molecule has 0 heterocycles. The van der Waals surface area contributed by atoms with Crippen molar-refractivity contribution >= 4 is 11.7 Å². The van der Waals surface area contributed by atoms with Gasteiger partial charge in [0.25, 0.3) is 0 Å². The number of aliphatic imine (C=N–C) groups is 1. The SMILES string of the molecule is CN=C(N[O-])NNC=C1C=CC(=[N+]([O-])[O-])C=C1N(O)O. The molecule has 11 nitrogen and oxygen atoms in total. The molecule has 0 aromatic rings. The maximum Gasteiger partial charge on any atom is 0.225 e. The van der Waals surface area contributed by atoms with Gasteiger partial charge in [0, 0.05) is 31.0 Å². The number of nitrogens with zero attached hydrogens (tertiary/aromatic N) is 3. The molecule has 110 valence electrons. The molecule has 0 saturated carbocycles. The first-order valence-corrected chi connectivity index (χ1v) is 5.15. The summed E-state index contributed by atoms with van der Waals surface area (Å²) >= 11 is 0. The number of nitrogens with one attached hydrogen (secondary N) is 3. The van der Waals surface area contributed by atoms with Gasteiger partial charge in [0.2, 0.25) is 5.71 Å². The third-order valence-corrected chi connectivity index (χ3v) is 2.18. The molecule has 0 radical (unpaired) electrons. The van der Waals surface area contributed by atoms with Crippen molar-refractivity contribution in [2.45, 2.75) is 0 Å². The lowest BCUT2D eigenvalue weighted by Gasteiger charge is -2.19. The quantitative estimate of drug-likeness (QED) is 0.189. The van der Waals surface area contributed by atoms with Crippen LogP contribution in [0.3, 0.4) is 0 Å². The van der Waals surface area contributed by atoms with E-state index in [1.54, 1.807) is 0 Å². The first-order chi connectivity index (χ1) is 9.49. The van der Waals surface area contributed by atoms with Gasteiger partial charge in [-0.1, -0.05) is 0 Å². The Morgan fingerprint density at radius 2 is 2.10 bits per heavy atom. The van der Waals surface area contributed by atoms with E-state index in [2.05, 4.69) is 15.8 Å². The maximum absolute atomic E-state index is 10.6. The van der Waals surface area contributed by atoms with Crippen molar-refractivity contribution in [2.24, 2.45) is 4.99 Å². The highest BCUT2D eigenvalue weighted by molar-refractivity contribution is 6.03. The summed E-state index contributed by atoms with van der Waals surface area (Å²) in [6.07, 6.45) is 4.69. The summed E-state index contributed by atoms with van der Waals surface area (Å²) < 4.78 is 0. The average molecular weight is 284 g/mol. The molecule has 0 atom stereocenters. The van der Waals surface area contributed by atoms with E-state index < -0.39 is 4.90 Å². The van der Waals surface area contributed by atoms with Crippen LogP contribution in [0.1, 0.15) is 0 Å². The molecule has 11 heteroatoms. The van der Waals surface area contributed by atoms with Crippen LogP contribution in [0.5, 0.6) is 0 Å². The van der Waals surface area contributed by atoms with Crippen LogP contribution in [0.4, 0.5) is 0 Å². The number of allylic oxidation sites excluding steroid dienone is 3. The molecule has 0 saturated heterocycles. The molecule has 0 fully saturated rings. The standard InChI is InChI=1S/C9H12N6O5/c1-10-9(13-16)12-11-5-6-2-3-7(14(17)18)4-8(6)15(19)20/h2-5,11,19-20H,1H3,(H2-2,10,12,13,16,17,18)/q-2. The van der Waals surface area contributed by atoms with Gasteiger partial charge in [0.1, 0.15) is 5.70 Å². The highest BCUT2D eigenvalue weighted by Gasteiger charge is 2.16. The summed E-state index contributed by atoms with van der Waals surface area (Å²) in [5.41, 5.74) is 6.03. The molecule has 0 bridgehead atoms. The van der Waals surface area contributed by atoms with E-state index in [-0.39, 0.29) is 28.2 Å². The average Bonchev–Trinajstić information content (AvgIpc) is 2.43. The molecular weight excluding hydrogens is 272 g/mol. The second kappa shape index (κ2) is 6.98. The molecule has 0 aromatic carbocycles. The monoisotopic (exact) mass is 284 g/mol. The Labute approximate surface area is 113 Å². The van der Waals surface area contributed by atoms with Gasteiger partial charge in [-0.3, -0.25) is 20.8 Å². The maximum atomic E-state index is 10.6. The number of hydrogen-bond acceptors (Lipinski definition) is 8. The van der Waals surface area contributed by atoms with Gasteiger partial charge in [0.15, 0.2) is 5.96 Å². The fraction of sp³-hybridized carbons (Fsp3) is 0.111. The Balaban J connectivity index is 2.87. The summed E-state index contributed by atoms with van der Waals surface area (Å²) in [6.45, 7) is 0. The minimum Gasteiger partial charge on any atom is -0.759 e. The molecule has 0 amide bonds. The normalized spacial score (nSPS) is 16.8. The summed E-state index contributed by atoms with van der Waals surface area (Å²) in [7, 11) is 1.37. The molecule has 0 aliphatic heterocycles. The molecule has 1 rings (SSSR count). The molecule has 0 unspecified atom stereocenters. The molecule has 1 aliphatic carbocycles. The topological polar surface area (TPSA) is 164 Å². The predicted octanol–water partition coefficient (Wildman–Crippen LogP) is -0.979. The minimum absolute atomic E-state index is 0.102. The molecular formula is C9H12N6O5-2. The second-order valence-electron chi connectivity index (χ2n) is 3.38. The van der Waals surface area contributed by atoms with Crippen molar-refractivity contribution in [1.29, 1.82) is 0 Å². The van der Waals surface area contributed by atoms with Crippen molar-refractivity contribution in [2.75, 3.05) is 7.05 Å². The Hall–Kier alpha value is -2.76. The Morgan fingerprint density at radius 3 is 2.60 bits per heavy atom.